The molecule has 0 aliphatic rings. The topological polar surface area (TPSA) is 38.3 Å². The lowest BCUT2D eigenvalue weighted by molar-refractivity contribution is 0.0948. The third kappa shape index (κ3) is 4.28. The summed E-state index contributed by atoms with van der Waals surface area (Å²) in [7, 11) is 1.60. The maximum Gasteiger partial charge on any atom is 0.251 e. The summed E-state index contributed by atoms with van der Waals surface area (Å²) in [6, 6.07) is 4.09. The summed E-state index contributed by atoms with van der Waals surface area (Å²) >= 11 is 3.13. The molecule has 5 heteroatoms. The Morgan fingerprint density at radius 3 is 2.88 bits per heavy atom. The Balaban J connectivity index is 2.52. The van der Waals surface area contributed by atoms with E-state index in [0.29, 0.717) is 23.2 Å². The summed E-state index contributed by atoms with van der Waals surface area (Å²) in [5, 5.41) is 2.68. The largest absolute Gasteiger partial charge is 0.385 e. The normalized spacial score (nSPS) is 10.2. The zero-order chi connectivity index (χ0) is 12.0. The van der Waals surface area contributed by atoms with Crippen LogP contribution < -0.4 is 5.32 Å². The van der Waals surface area contributed by atoms with Gasteiger partial charge in [-0.05, 0) is 24.6 Å². The number of nitrogens with one attached hydrogen (secondary N) is 1. The van der Waals surface area contributed by atoms with Gasteiger partial charge in [0.2, 0.25) is 0 Å². The number of rotatable bonds is 5. The highest BCUT2D eigenvalue weighted by atomic mass is 79.9. The molecule has 0 unspecified atom stereocenters. The van der Waals surface area contributed by atoms with E-state index in [2.05, 4.69) is 21.2 Å². The van der Waals surface area contributed by atoms with E-state index in [1.807, 2.05) is 0 Å². The molecule has 0 heterocycles. The summed E-state index contributed by atoms with van der Waals surface area (Å²) in [6.07, 6.45) is 0.735. The number of halogens is 2. The Labute approximate surface area is 102 Å². The van der Waals surface area contributed by atoms with Crippen LogP contribution in [-0.4, -0.2) is 26.2 Å². The zero-order valence-electron chi connectivity index (χ0n) is 8.93. The molecule has 1 rings (SSSR count). The van der Waals surface area contributed by atoms with Gasteiger partial charge in [0.15, 0.2) is 0 Å². The Bertz CT molecular complexity index is 351. The minimum absolute atomic E-state index is 0.281. The maximum atomic E-state index is 13.0. The van der Waals surface area contributed by atoms with E-state index in [1.165, 1.54) is 12.1 Å². The second-order valence-electron chi connectivity index (χ2n) is 3.26. The molecule has 0 atom stereocenters. The molecule has 0 bridgehead atoms. The van der Waals surface area contributed by atoms with Crippen molar-refractivity contribution in [2.24, 2.45) is 0 Å². The lowest BCUT2D eigenvalue weighted by atomic mass is 10.2. The molecule has 0 aromatic heterocycles. The van der Waals surface area contributed by atoms with Gasteiger partial charge in [-0.15, -0.1) is 0 Å². The molecular formula is C11H13BrFNO2. The Hall–Kier alpha value is -0.940. The Morgan fingerprint density at radius 1 is 1.50 bits per heavy atom. The van der Waals surface area contributed by atoms with Crippen LogP contribution in [-0.2, 0) is 4.74 Å². The number of hydrogen-bond donors (Lipinski definition) is 1. The minimum atomic E-state index is -0.434. The standard InChI is InChI=1S/C11H13BrFNO2/c1-16-4-2-3-14-11(15)8-5-9(12)7-10(13)6-8/h5-7H,2-4H2,1H3,(H,14,15). The van der Waals surface area contributed by atoms with Gasteiger partial charge in [-0.1, -0.05) is 15.9 Å². The van der Waals surface area contributed by atoms with E-state index < -0.39 is 5.82 Å². The smallest absolute Gasteiger partial charge is 0.251 e. The van der Waals surface area contributed by atoms with Crippen LogP contribution in [0.5, 0.6) is 0 Å². The predicted molar refractivity (Wildman–Crippen MR) is 62.9 cm³/mol. The van der Waals surface area contributed by atoms with Crippen molar-refractivity contribution in [3.05, 3.63) is 34.1 Å². The molecule has 16 heavy (non-hydrogen) atoms. The number of hydrogen-bond acceptors (Lipinski definition) is 2. The summed E-state index contributed by atoms with van der Waals surface area (Å²) in [5.41, 5.74) is 0.310. The lowest BCUT2D eigenvalue weighted by Gasteiger charge is -2.05. The average molecular weight is 290 g/mol. The van der Waals surface area contributed by atoms with Gasteiger partial charge in [-0.2, -0.15) is 0 Å². The van der Waals surface area contributed by atoms with Gasteiger partial charge in [0.1, 0.15) is 5.82 Å². The molecule has 0 radical (unpaired) electrons. The van der Waals surface area contributed by atoms with Gasteiger partial charge in [-0.25, -0.2) is 4.39 Å². The van der Waals surface area contributed by atoms with Gasteiger partial charge in [0.25, 0.3) is 5.91 Å². The molecule has 1 aromatic carbocycles. The van der Waals surface area contributed by atoms with Crippen molar-refractivity contribution in [2.45, 2.75) is 6.42 Å². The van der Waals surface area contributed by atoms with Crippen LogP contribution in [0.2, 0.25) is 0 Å². The molecule has 1 aromatic rings. The van der Waals surface area contributed by atoms with Crippen molar-refractivity contribution in [2.75, 3.05) is 20.3 Å². The van der Waals surface area contributed by atoms with Gasteiger partial charge >= 0.3 is 0 Å². The minimum Gasteiger partial charge on any atom is -0.385 e. The van der Waals surface area contributed by atoms with Crippen LogP contribution in [0, 0.1) is 5.82 Å². The van der Waals surface area contributed by atoms with E-state index >= 15 is 0 Å². The molecule has 0 aliphatic carbocycles. The molecule has 1 N–H and O–H groups in total. The van der Waals surface area contributed by atoms with Crippen molar-refractivity contribution < 1.29 is 13.9 Å². The summed E-state index contributed by atoms with van der Waals surface area (Å²) < 4.78 is 18.4. The molecular weight excluding hydrogens is 277 g/mol. The molecule has 88 valence electrons. The van der Waals surface area contributed by atoms with Crippen molar-refractivity contribution in [1.29, 1.82) is 0 Å². The monoisotopic (exact) mass is 289 g/mol. The summed E-state index contributed by atoms with van der Waals surface area (Å²) in [5.74, 6) is -0.715. The van der Waals surface area contributed by atoms with Crippen LogP contribution in [0.3, 0.4) is 0 Å². The number of benzene rings is 1. The first-order chi connectivity index (χ1) is 7.63. The second-order valence-corrected chi connectivity index (χ2v) is 4.18. The predicted octanol–water partition coefficient (Wildman–Crippen LogP) is 2.35. The number of amides is 1. The highest BCUT2D eigenvalue weighted by Crippen LogP contribution is 2.14. The third-order valence-electron chi connectivity index (χ3n) is 1.94. The molecule has 0 spiro atoms. The van der Waals surface area contributed by atoms with E-state index in [4.69, 9.17) is 4.74 Å². The third-order valence-corrected chi connectivity index (χ3v) is 2.39. The number of carbonyl (C=O) groups excluding carboxylic acids is 1. The van der Waals surface area contributed by atoms with E-state index in [0.717, 1.165) is 6.42 Å². The van der Waals surface area contributed by atoms with Crippen molar-refractivity contribution in [1.82, 2.24) is 5.32 Å². The fraction of sp³-hybridized carbons (Fsp3) is 0.364. The van der Waals surface area contributed by atoms with Crippen LogP contribution in [0.1, 0.15) is 16.8 Å². The summed E-state index contributed by atoms with van der Waals surface area (Å²) in [6.45, 7) is 1.11. The maximum absolute atomic E-state index is 13.0. The van der Waals surface area contributed by atoms with Crippen LogP contribution in [0.25, 0.3) is 0 Å². The highest BCUT2D eigenvalue weighted by molar-refractivity contribution is 9.10. The fourth-order valence-electron chi connectivity index (χ4n) is 1.21. The summed E-state index contributed by atoms with van der Waals surface area (Å²) in [4.78, 5) is 11.6. The van der Waals surface area contributed by atoms with Crippen LogP contribution in [0.15, 0.2) is 22.7 Å². The SMILES string of the molecule is COCCCNC(=O)c1cc(F)cc(Br)c1. The average Bonchev–Trinajstić information content (AvgIpc) is 2.22. The van der Waals surface area contributed by atoms with Crippen molar-refractivity contribution in [3.63, 3.8) is 0 Å². The Morgan fingerprint density at radius 2 is 2.25 bits per heavy atom. The van der Waals surface area contributed by atoms with Crippen LogP contribution >= 0.6 is 15.9 Å². The lowest BCUT2D eigenvalue weighted by Crippen LogP contribution is -2.25. The first kappa shape index (κ1) is 13.1. The molecule has 0 saturated heterocycles. The van der Waals surface area contributed by atoms with E-state index in [9.17, 15) is 9.18 Å². The van der Waals surface area contributed by atoms with E-state index in [-0.39, 0.29) is 5.91 Å². The quantitative estimate of drug-likeness (QED) is 0.845. The molecule has 0 aliphatic heterocycles. The molecule has 1 amide bonds. The van der Waals surface area contributed by atoms with Crippen molar-refractivity contribution in [3.8, 4) is 0 Å². The van der Waals surface area contributed by atoms with Crippen LogP contribution in [0.4, 0.5) is 4.39 Å². The molecule has 0 saturated carbocycles. The van der Waals surface area contributed by atoms with Crippen molar-refractivity contribution >= 4 is 21.8 Å². The zero-order valence-corrected chi connectivity index (χ0v) is 10.5. The van der Waals surface area contributed by atoms with Gasteiger partial charge in [0.05, 0.1) is 0 Å². The number of methoxy groups -OCH3 is 1. The number of ether oxygens (including phenoxy) is 1. The molecule has 3 nitrogen and oxygen atoms in total. The fourth-order valence-corrected chi connectivity index (χ4v) is 1.67. The number of carbonyl (C=O) groups is 1. The first-order valence-corrected chi connectivity index (χ1v) is 5.66. The van der Waals surface area contributed by atoms with Gasteiger partial charge in [-0.3, -0.25) is 4.79 Å². The van der Waals surface area contributed by atoms with E-state index in [1.54, 1.807) is 13.2 Å². The second kappa shape index (κ2) is 6.60. The first-order valence-electron chi connectivity index (χ1n) is 4.86. The molecule has 0 fully saturated rings. The Kier molecular flexibility index (Phi) is 5.42. The van der Waals surface area contributed by atoms with Gasteiger partial charge in [0, 0.05) is 30.3 Å². The highest BCUT2D eigenvalue weighted by Gasteiger charge is 2.07. The van der Waals surface area contributed by atoms with Gasteiger partial charge < -0.3 is 10.1 Å².